The van der Waals surface area contributed by atoms with Crippen LogP contribution >= 0.6 is 0 Å². The monoisotopic (exact) mass is 267 g/mol. The molecule has 0 spiro atoms. The lowest BCUT2D eigenvalue weighted by atomic mass is 9.76. The molecule has 1 saturated carbocycles. The lowest BCUT2D eigenvalue weighted by molar-refractivity contribution is -0.143. The highest BCUT2D eigenvalue weighted by Gasteiger charge is 2.37. The Morgan fingerprint density at radius 2 is 2.00 bits per heavy atom. The lowest BCUT2D eigenvalue weighted by Crippen LogP contribution is -2.50. The van der Waals surface area contributed by atoms with Crippen LogP contribution in [0.15, 0.2) is 0 Å². The molecular weight excluding hydrogens is 242 g/mol. The zero-order valence-electron chi connectivity index (χ0n) is 12.0. The highest BCUT2D eigenvalue weighted by Crippen LogP contribution is 2.30. The summed E-state index contributed by atoms with van der Waals surface area (Å²) in [6.45, 7) is 3.72. The normalized spacial score (nSPS) is 33.2. The maximum Gasteiger partial charge on any atom is 0.241 e. The third kappa shape index (κ3) is 3.08. The SMILES string of the molecule is CC1CCCC(N)C1C(=O)N1CCCN(C)C(=O)C1. The fourth-order valence-electron chi connectivity index (χ4n) is 3.27. The van der Waals surface area contributed by atoms with Crippen molar-refractivity contribution in [2.75, 3.05) is 26.7 Å². The minimum atomic E-state index is -0.107. The molecule has 5 heteroatoms. The van der Waals surface area contributed by atoms with Crippen LogP contribution < -0.4 is 5.73 Å². The number of likely N-dealkylation sites (N-methyl/N-ethyl adjacent to an activating group) is 1. The molecular formula is C14H25N3O2. The zero-order chi connectivity index (χ0) is 14.0. The molecule has 2 aliphatic rings. The van der Waals surface area contributed by atoms with Crippen molar-refractivity contribution in [1.29, 1.82) is 0 Å². The summed E-state index contributed by atoms with van der Waals surface area (Å²) in [7, 11) is 1.80. The smallest absolute Gasteiger partial charge is 0.241 e. The number of hydrogen-bond donors (Lipinski definition) is 1. The van der Waals surface area contributed by atoms with Gasteiger partial charge in [-0.1, -0.05) is 13.3 Å². The molecule has 0 radical (unpaired) electrons. The fourth-order valence-corrected chi connectivity index (χ4v) is 3.27. The number of nitrogens with zero attached hydrogens (tertiary/aromatic N) is 2. The van der Waals surface area contributed by atoms with Gasteiger partial charge in [-0.2, -0.15) is 0 Å². The van der Waals surface area contributed by atoms with Gasteiger partial charge >= 0.3 is 0 Å². The summed E-state index contributed by atoms with van der Waals surface area (Å²) in [5.74, 6) is 0.337. The van der Waals surface area contributed by atoms with Gasteiger partial charge in [-0.3, -0.25) is 9.59 Å². The summed E-state index contributed by atoms with van der Waals surface area (Å²) < 4.78 is 0. The van der Waals surface area contributed by atoms with Gasteiger partial charge in [0, 0.05) is 26.2 Å². The topological polar surface area (TPSA) is 66.6 Å². The highest BCUT2D eigenvalue weighted by atomic mass is 16.2. The summed E-state index contributed by atoms with van der Waals surface area (Å²) in [4.78, 5) is 28.0. The summed E-state index contributed by atoms with van der Waals surface area (Å²) in [6.07, 6.45) is 3.94. The molecule has 19 heavy (non-hydrogen) atoms. The second-order valence-corrected chi connectivity index (χ2v) is 6.03. The predicted molar refractivity (Wildman–Crippen MR) is 73.3 cm³/mol. The Kier molecular flexibility index (Phi) is 4.45. The largest absolute Gasteiger partial charge is 0.344 e. The Labute approximate surface area is 115 Å². The summed E-state index contributed by atoms with van der Waals surface area (Å²) in [6, 6.07) is -0.0488. The molecule has 1 aliphatic heterocycles. The van der Waals surface area contributed by atoms with Gasteiger partial charge in [-0.15, -0.1) is 0 Å². The Morgan fingerprint density at radius 3 is 2.68 bits per heavy atom. The first-order valence-electron chi connectivity index (χ1n) is 7.29. The van der Waals surface area contributed by atoms with Crippen LogP contribution in [0.4, 0.5) is 0 Å². The van der Waals surface area contributed by atoms with Crippen molar-refractivity contribution in [3.05, 3.63) is 0 Å². The first kappa shape index (κ1) is 14.3. The molecule has 3 atom stereocenters. The van der Waals surface area contributed by atoms with Crippen LogP contribution in [-0.2, 0) is 9.59 Å². The number of rotatable bonds is 1. The van der Waals surface area contributed by atoms with Crippen LogP contribution in [0.1, 0.15) is 32.6 Å². The Hall–Kier alpha value is -1.10. The number of carbonyl (C=O) groups is 2. The van der Waals surface area contributed by atoms with E-state index in [0.29, 0.717) is 12.5 Å². The molecule has 2 rings (SSSR count). The van der Waals surface area contributed by atoms with Crippen molar-refractivity contribution >= 4 is 11.8 Å². The molecule has 5 nitrogen and oxygen atoms in total. The lowest BCUT2D eigenvalue weighted by Gasteiger charge is -2.36. The van der Waals surface area contributed by atoms with Gasteiger partial charge in [0.25, 0.3) is 0 Å². The van der Waals surface area contributed by atoms with Crippen molar-refractivity contribution in [3.8, 4) is 0 Å². The van der Waals surface area contributed by atoms with Crippen LogP contribution in [-0.4, -0.2) is 54.3 Å². The molecule has 1 saturated heterocycles. The molecule has 2 amide bonds. The van der Waals surface area contributed by atoms with E-state index < -0.39 is 0 Å². The van der Waals surface area contributed by atoms with Gasteiger partial charge in [-0.05, 0) is 25.2 Å². The zero-order valence-corrected chi connectivity index (χ0v) is 12.0. The minimum absolute atomic E-state index is 0.0304. The van der Waals surface area contributed by atoms with Gasteiger partial charge in [0.2, 0.25) is 11.8 Å². The van der Waals surface area contributed by atoms with E-state index in [9.17, 15) is 9.59 Å². The van der Waals surface area contributed by atoms with E-state index in [1.165, 1.54) is 0 Å². The van der Waals surface area contributed by atoms with E-state index >= 15 is 0 Å². The third-order valence-electron chi connectivity index (χ3n) is 4.54. The number of amides is 2. The minimum Gasteiger partial charge on any atom is -0.344 e. The predicted octanol–water partition coefficient (Wildman–Crippen LogP) is 0.441. The van der Waals surface area contributed by atoms with Crippen LogP contribution in [0.5, 0.6) is 0 Å². The van der Waals surface area contributed by atoms with E-state index in [4.69, 9.17) is 5.73 Å². The third-order valence-corrected chi connectivity index (χ3v) is 4.54. The summed E-state index contributed by atoms with van der Waals surface area (Å²) in [5.41, 5.74) is 6.14. The number of nitrogens with two attached hydrogens (primary N) is 1. The molecule has 1 aliphatic carbocycles. The Balaban J connectivity index is 2.07. The van der Waals surface area contributed by atoms with Crippen LogP contribution in [0, 0.1) is 11.8 Å². The second-order valence-electron chi connectivity index (χ2n) is 6.03. The maximum atomic E-state index is 12.7. The van der Waals surface area contributed by atoms with Gasteiger partial charge in [0.15, 0.2) is 0 Å². The van der Waals surface area contributed by atoms with Gasteiger partial charge < -0.3 is 15.5 Å². The molecule has 1 heterocycles. The summed E-state index contributed by atoms with van der Waals surface area (Å²) >= 11 is 0. The van der Waals surface area contributed by atoms with Crippen molar-refractivity contribution in [3.63, 3.8) is 0 Å². The molecule has 0 aromatic rings. The highest BCUT2D eigenvalue weighted by molar-refractivity contribution is 5.86. The Morgan fingerprint density at radius 1 is 1.26 bits per heavy atom. The molecule has 0 bridgehead atoms. The maximum absolute atomic E-state index is 12.7. The van der Waals surface area contributed by atoms with Crippen LogP contribution in [0.3, 0.4) is 0 Å². The van der Waals surface area contributed by atoms with E-state index in [1.54, 1.807) is 16.8 Å². The second kappa shape index (κ2) is 5.90. The first-order valence-corrected chi connectivity index (χ1v) is 7.29. The van der Waals surface area contributed by atoms with Crippen LogP contribution in [0.25, 0.3) is 0 Å². The number of hydrogen-bond acceptors (Lipinski definition) is 3. The summed E-state index contributed by atoms with van der Waals surface area (Å²) in [5, 5.41) is 0. The first-order chi connectivity index (χ1) is 9.00. The van der Waals surface area contributed by atoms with E-state index in [0.717, 1.165) is 32.2 Å². The van der Waals surface area contributed by atoms with E-state index in [1.807, 2.05) is 0 Å². The molecule has 0 aromatic carbocycles. The average molecular weight is 267 g/mol. The Bertz CT molecular complexity index is 349. The van der Waals surface area contributed by atoms with Gasteiger partial charge in [-0.25, -0.2) is 0 Å². The van der Waals surface area contributed by atoms with E-state index in [-0.39, 0.29) is 30.3 Å². The molecule has 108 valence electrons. The van der Waals surface area contributed by atoms with Gasteiger partial charge in [0.05, 0.1) is 12.5 Å². The number of carbonyl (C=O) groups excluding carboxylic acids is 2. The van der Waals surface area contributed by atoms with Crippen molar-refractivity contribution < 1.29 is 9.59 Å². The quantitative estimate of drug-likeness (QED) is 0.749. The van der Waals surface area contributed by atoms with E-state index in [2.05, 4.69) is 6.92 Å². The van der Waals surface area contributed by atoms with Crippen molar-refractivity contribution in [2.24, 2.45) is 17.6 Å². The standard InChI is InChI=1S/C14H25N3O2/c1-10-5-3-6-11(15)13(10)14(19)17-8-4-7-16(2)12(18)9-17/h10-11,13H,3-9,15H2,1-2H3. The molecule has 2 fully saturated rings. The fraction of sp³-hybridized carbons (Fsp3) is 0.857. The van der Waals surface area contributed by atoms with Crippen LogP contribution in [0.2, 0.25) is 0 Å². The molecule has 2 N–H and O–H groups in total. The molecule has 0 aromatic heterocycles. The van der Waals surface area contributed by atoms with Crippen molar-refractivity contribution in [2.45, 2.75) is 38.6 Å². The van der Waals surface area contributed by atoms with Gasteiger partial charge in [0.1, 0.15) is 0 Å². The van der Waals surface area contributed by atoms with Crippen molar-refractivity contribution in [1.82, 2.24) is 9.80 Å². The average Bonchev–Trinajstić information content (AvgIpc) is 2.52. The molecule has 3 unspecified atom stereocenters.